The molecule has 0 aliphatic rings. The average molecular weight is 419 g/mol. The Morgan fingerprint density at radius 2 is 1.95 bits per heavy atom. The molecule has 0 amide bonds. The maximum Gasteiger partial charge on any atom is 0.390 e. The van der Waals surface area contributed by atoms with Crippen LogP contribution in [0, 0.1) is 5.82 Å². The van der Waals surface area contributed by atoms with Crippen molar-refractivity contribution in [3.05, 3.63) is 35.6 Å². The van der Waals surface area contributed by atoms with Gasteiger partial charge < -0.3 is 10.6 Å². The van der Waals surface area contributed by atoms with E-state index < -0.39 is 12.6 Å². The van der Waals surface area contributed by atoms with Gasteiger partial charge in [-0.2, -0.15) is 13.2 Å². The molecule has 0 heterocycles. The molecule has 120 valence electrons. The van der Waals surface area contributed by atoms with E-state index in [-0.39, 0.29) is 48.8 Å². The van der Waals surface area contributed by atoms with Gasteiger partial charge in [0.15, 0.2) is 5.96 Å². The maximum atomic E-state index is 13.0. The summed E-state index contributed by atoms with van der Waals surface area (Å²) in [5.74, 6) is -0.0891. The van der Waals surface area contributed by atoms with E-state index in [4.69, 9.17) is 0 Å². The summed E-state index contributed by atoms with van der Waals surface area (Å²) in [6, 6.07) is 5.92. The van der Waals surface area contributed by atoms with E-state index >= 15 is 0 Å². The molecule has 0 aromatic heterocycles. The Morgan fingerprint density at radius 1 is 1.24 bits per heavy atom. The molecule has 21 heavy (non-hydrogen) atoms. The van der Waals surface area contributed by atoms with E-state index in [0.29, 0.717) is 12.1 Å². The lowest BCUT2D eigenvalue weighted by Gasteiger charge is -2.12. The zero-order chi connectivity index (χ0) is 15.0. The van der Waals surface area contributed by atoms with E-state index in [2.05, 4.69) is 15.6 Å². The molecular formula is C13H18F4IN3. The van der Waals surface area contributed by atoms with E-state index in [1.165, 1.54) is 12.1 Å². The Bertz CT molecular complexity index is 449. The number of rotatable bonds is 5. The maximum absolute atomic E-state index is 13.0. The van der Waals surface area contributed by atoms with E-state index in [1.807, 2.05) is 6.92 Å². The van der Waals surface area contributed by atoms with Crippen LogP contribution >= 0.6 is 24.0 Å². The quantitative estimate of drug-likeness (QED) is 0.332. The minimum absolute atomic E-state index is 0. The Labute approximate surface area is 138 Å². The number of nitrogens with one attached hydrogen (secondary N) is 2. The molecule has 0 fully saturated rings. The van der Waals surface area contributed by atoms with Crippen molar-refractivity contribution in [2.45, 2.75) is 26.1 Å². The van der Waals surface area contributed by atoms with Gasteiger partial charge in [-0.25, -0.2) is 9.38 Å². The molecule has 8 heteroatoms. The summed E-state index contributed by atoms with van der Waals surface area (Å²) in [4.78, 5) is 4.10. The van der Waals surface area contributed by atoms with Gasteiger partial charge >= 0.3 is 6.18 Å². The third kappa shape index (κ3) is 9.48. The lowest BCUT2D eigenvalue weighted by Crippen LogP contribution is -2.38. The summed E-state index contributed by atoms with van der Waals surface area (Å²) in [5.41, 5.74) is 0.651. The molecule has 0 bridgehead atoms. The molecule has 1 rings (SSSR count). The van der Waals surface area contributed by atoms with Gasteiger partial charge in [0.05, 0.1) is 13.0 Å². The summed E-state index contributed by atoms with van der Waals surface area (Å²) in [7, 11) is 0. The van der Waals surface area contributed by atoms with Crippen molar-refractivity contribution in [3.8, 4) is 0 Å². The van der Waals surface area contributed by atoms with Crippen LogP contribution in [0.15, 0.2) is 29.3 Å². The van der Waals surface area contributed by atoms with Crippen LogP contribution in [0.4, 0.5) is 17.6 Å². The van der Waals surface area contributed by atoms with Crippen molar-refractivity contribution in [2.24, 2.45) is 4.99 Å². The molecule has 0 unspecified atom stereocenters. The number of aliphatic imine (C=N–C) groups is 1. The van der Waals surface area contributed by atoms with Crippen LogP contribution in [0.1, 0.15) is 18.9 Å². The van der Waals surface area contributed by atoms with Gasteiger partial charge in [0.2, 0.25) is 0 Å². The minimum Gasteiger partial charge on any atom is -0.357 e. The first-order valence-corrected chi connectivity index (χ1v) is 6.24. The standard InChI is InChI=1S/C13H17F4N3.HI/c1-2-18-12(19-7-6-13(15,16)17)20-9-10-4-3-5-11(14)8-10;/h3-5,8H,2,6-7,9H2,1H3,(H2,18,19,20);1H. The van der Waals surface area contributed by atoms with Crippen LogP contribution < -0.4 is 10.6 Å². The molecule has 0 atom stereocenters. The molecule has 2 N–H and O–H groups in total. The molecule has 1 aromatic rings. The first-order chi connectivity index (χ1) is 9.40. The molecule has 0 saturated heterocycles. The Hall–Kier alpha value is -1.06. The van der Waals surface area contributed by atoms with Crippen LogP contribution in [0.25, 0.3) is 0 Å². The van der Waals surface area contributed by atoms with Crippen LogP contribution in [-0.4, -0.2) is 25.2 Å². The highest BCUT2D eigenvalue weighted by atomic mass is 127. The number of hydrogen-bond donors (Lipinski definition) is 2. The van der Waals surface area contributed by atoms with Crippen LogP contribution in [0.5, 0.6) is 0 Å². The van der Waals surface area contributed by atoms with Crippen molar-refractivity contribution < 1.29 is 17.6 Å². The molecule has 0 aliphatic carbocycles. The molecule has 0 spiro atoms. The lowest BCUT2D eigenvalue weighted by molar-refractivity contribution is -0.132. The molecule has 3 nitrogen and oxygen atoms in total. The SMILES string of the molecule is CCNC(=NCc1cccc(F)c1)NCCC(F)(F)F.I. The number of alkyl halides is 3. The molecular weight excluding hydrogens is 401 g/mol. The topological polar surface area (TPSA) is 36.4 Å². The van der Waals surface area contributed by atoms with Gasteiger partial charge in [0, 0.05) is 13.1 Å². The zero-order valence-electron chi connectivity index (χ0n) is 11.5. The predicted molar refractivity (Wildman–Crippen MR) is 85.3 cm³/mol. The highest BCUT2D eigenvalue weighted by molar-refractivity contribution is 14.0. The van der Waals surface area contributed by atoms with Crippen molar-refractivity contribution in [3.63, 3.8) is 0 Å². The van der Waals surface area contributed by atoms with Crippen molar-refractivity contribution in [1.29, 1.82) is 0 Å². The first-order valence-electron chi connectivity index (χ1n) is 6.24. The third-order valence-electron chi connectivity index (χ3n) is 2.35. The summed E-state index contributed by atoms with van der Waals surface area (Å²) < 4.78 is 49.1. The average Bonchev–Trinajstić information content (AvgIpc) is 2.34. The summed E-state index contributed by atoms with van der Waals surface area (Å²) >= 11 is 0. The first kappa shape index (κ1) is 19.9. The second-order valence-electron chi connectivity index (χ2n) is 4.12. The predicted octanol–water partition coefficient (Wildman–Crippen LogP) is 3.45. The minimum atomic E-state index is -4.20. The van der Waals surface area contributed by atoms with Gasteiger partial charge in [0.25, 0.3) is 0 Å². The Kier molecular flexibility index (Phi) is 9.31. The monoisotopic (exact) mass is 419 g/mol. The van der Waals surface area contributed by atoms with E-state index in [9.17, 15) is 17.6 Å². The normalized spacial score (nSPS) is 11.8. The fourth-order valence-electron chi connectivity index (χ4n) is 1.47. The largest absolute Gasteiger partial charge is 0.390 e. The molecule has 0 saturated carbocycles. The van der Waals surface area contributed by atoms with Gasteiger partial charge in [-0.05, 0) is 24.6 Å². The summed E-state index contributed by atoms with van der Waals surface area (Å²) in [5, 5.41) is 5.42. The third-order valence-corrected chi connectivity index (χ3v) is 2.35. The van der Waals surface area contributed by atoms with Gasteiger partial charge in [-0.3, -0.25) is 0 Å². The smallest absolute Gasteiger partial charge is 0.357 e. The fourth-order valence-corrected chi connectivity index (χ4v) is 1.47. The van der Waals surface area contributed by atoms with E-state index in [0.717, 1.165) is 0 Å². The van der Waals surface area contributed by atoms with Crippen LogP contribution in [-0.2, 0) is 6.54 Å². The Balaban J connectivity index is 0.00000400. The molecule has 0 radical (unpaired) electrons. The van der Waals surface area contributed by atoms with Crippen LogP contribution in [0.2, 0.25) is 0 Å². The second-order valence-corrected chi connectivity index (χ2v) is 4.12. The van der Waals surface area contributed by atoms with Crippen LogP contribution in [0.3, 0.4) is 0 Å². The number of guanidine groups is 1. The summed E-state index contributed by atoms with van der Waals surface area (Å²) in [6.07, 6.45) is -5.13. The van der Waals surface area contributed by atoms with Crippen molar-refractivity contribution >= 4 is 29.9 Å². The Morgan fingerprint density at radius 3 is 2.52 bits per heavy atom. The van der Waals surface area contributed by atoms with E-state index in [1.54, 1.807) is 12.1 Å². The number of benzene rings is 1. The highest BCUT2D eigenvalue weighted by Crippen LogP contribution is 2.18. The number of hydrogen-bond acceptors (Lipinski definition) is 1. The van der Waals surface area contributed by atoms with Gasteiger partial charge in [0.1, 0.15) is 5.82 Å². The van der Waals surface area contributed by atoms with Gasteiger partial charge in [-0.1, -0.05) is 12.1 Å². The van der Waals surface area contributed by atoms with Gasteiger partial charge in [-0.15, -0.1) is 24.0 Å². The zero-order valence-corrected chi connectivity index (χ0v) is 13.8. The second kappa shape index (κ2) is 9.80. The fraction of sp³-hybridized carbons (Fsp3) is 0.462. The molecule has 1 aromatic carbocycles. The van der Waals surface area contributed by atoms with Crippen molar-refractivity contribution in [1.82, 2.24) is 10.6 Å². The highest BCUT2D eigenvalue weighted by Gasteiger charge is 2.26. The lowest BCUT2D eigenvalue weighted by atomic mass is 10.2. The number of halogens is 5. The number of nitrogens with zero attached hydrogens (tertiary/aromatic N) is 1. The molecule has 0 aliphatic heterocycles. The van der Waals surface area contributed by atoms with Crippen molar-refractivity contribution in [2.75, 3.05) is 13.1 Å². The summed E-state index contributed by atoms with van der Waals surface area (Å²) in [6.45, 7) is 2.28.